The Morgan fingerprint density at radius 1 is 1.35 bits per heavy atom. The van der Waals surface area contributed by atoms with Gasteiger partial charge in [0.1, 0.15) is 12.2 Å². The van der Waals surface area contributed by atoms with Crippen molar-refractivity contribution in [2.24, 2.45) is 0 Å². The van der Waals surface area contributed by atoms with Gasteiger partial charge < -0.3 is 4.74 Å². The summed E-state index contributed by atoms with van der Waals surface area (Å²) in [5.41, 5.74) is 1.24. The molecule has 5 heteroatoms. The van der Waals surface area contributed by atoms with Crippen LogP contribution in [0, 0.1) is 0 Å². The number of aryl methyl sites for hydroxylation is 2. The molecule has 0 aliphatic heterocycles. The topological polar surface area (TPSA) is 63.7 Å². The lowest BCUT2D eigenvalue weighted by Gasteiger charge is -2.05. The number of nitrogens with one attached hydrogen (secondary N) is 1. The fraction of sp³-hybridized carbons (Fsp3) is 0.417. The lowest BCUT2D eigenvalue weighted by atomic mass is 10.2. The Labute approximate surface area is 100 Å². The van der Waals surface area contributed by atoms with Crippen molar-refractivity contribution in [2.45, 2.75) is 26.2 Å². The molecule has 0 unspecified atom stereocenters. The van der Waals surface area contributed by atoms with Crippen LogP contribution in [0.25, 0.3) is 0 Å². The zero-order valence-corrected chi connectivity index (χ0v) is 9.89. The van der Waals surface area contributed by atoms with Crippen molar-refractivity contribution < 1.29 is 4.74 Å². The zero-order chi connectivity index (χ0) is 11.9. The Morgan fingerprint density at radius 3 is 3.06 bits per heavy atom. The van der Waals surface area contributed by atoms with Gasteiger partial charge in [-0.05, 0) is 24.5 Å². The SMILES string of the molecule is CCc1ccnc(OCCCc2ncn[nH]2)c1. The Balaban J connectivity index is 1.74. The number of ether oxygens (including phenoxy) is 1. The quantitative estimate of drug-likeness (QED) is 0.771. The molecular formula is C12H16N4O. The number of hydrogen-bond acceptors (Lipinski definition) is 4. The molecule has 2 aromatic rings. The van der Waals surface area contributed by atoms with Crippen LogP contribution in [-0.2, 0) is 12.8 Å². The van der Waals surface area contributed by atoms with Gasteiger partial charge in [0.15, 0.2) is 0 Å². The largest absolute Gasteiger partial charge is 0.478 e. The first-order chi connectivity index (χ1) is 8.38. The predicted octanol–water partition coefficient (Wildman–Crippen LogP) is 1.77. The third kappa shape index (κ3) is 3.55. The van der Waals surface area contributed by atoms with Crippen molar-refractivity contribution in [3.8, 4) is 5.88 Å². The summed E-state index contributed by atoms with van der Waals surface area (Å²) in [6, 6.07) is 3.98. The molecule has 0 spiro atoms. The molecule has 2 rings (SSSR count). The molecule has 0 fully saturated rings. The van der Waals surface area contributed by atoms with Crippen LogP contribution in [0.15, 0.2) is 24.7 Å². The molecule has 2 heterocycles. The Hall–Kier alpha value is -1.91. The molecule has 1 N–H and O–H groups in total. The van der Waals surface area contributed by atoms with Crippen molar-refractivity contribution in [2.75, 3.05) is 6.61 Å². The Morgan fingerprint density at radius 2 is 2.29 bits per heavy atom. The van der Waals surface area contributed by atoms with Crippen LogP contribution >= 0.6 is 0 Å². The second-order valence-corrected chi connectivity index (χ2v) is 3.74. The summed E-state index contributed by atoms with van der Waals surface area (Å²) in [6.45, 7) is 2.75. The van der Waals surface area contributed by atoms with Gasteiger partial charge in [-0.1, -0.05) is 6.92 Å². The molecule has 2 aromatic heterocycles. The van der Waals surface area contributed by atoms with Gasteiger partial charge in [0.25, 0.3) is 0 Å². The second-order valence-electron chi connectivity index (χ2n) is 3.74. The molecule has 5 nitrogen and oxygen atoms in total. The van der Waals surface area contributed by atoms with E-state index in [1.165, 1.54) is 11.9 Å². The van der Waals surface area contributed by atoms with Gasteiger partial charge in [0.05, 0.1) is 6.61 Å². The predicted molar refractivity (Wildman–Crippen MR) is 63.8 cm³/mol. The van der Waals surface area contributed by atoms with Gasteiger partial charge in [-0.15, -0.1) is 0 Å². The molecular weight excluding hydrogens is 216 g/mol. The highest BCUT2D eigenvalue weighted by Gasteiger charge is 1.99. The van der Waals surface area contributed by atoms with Crippen LogP contribution in [0.3, 0.4) is 0 Å². The van der Waals surface area contributed by atoms with E-state index >= 15 is 0 Å². The molecule has 0 saturated heterocycles. The number of H-pyrrole nitrogens is 1. The first-order valence-electron chi connectivity index (χ1n) is 5.80. The molecule has 0 aliphatic carbocycles. The maximum absolute atomic E-state index is 5.57. The average molecular weight is 232 g/mol. The van der Waals surface area contributed by atoms with Crippen molar-refractivity contribution in [3.05, 3.63) is 36.0 Å². The minimum absolute atomic E-state index is 0.640. The van der Waals surface area contributed by atoms with Crippen LogP contribution in [-0.4, -0.2) is 26.8 Å². The van der Waals surface area contributed by atoms with Gasteiger partial charge in [-0.25, -0.2) is 9.97 Å². The summed E-state index contributed by atoms with van der Waals surface area (Å²) in [6.07, 6.45) is 6.03. The van der Waals surface area contributed by atoms with E-state index in [2.05, 4.69) is 27.1 Å². The number of aromatic amines is 1. The third-order valence-corrected chi connectivity index (χ3v) is 2.48. The summed E-state index contributed by atoms with van der Waals surface area (Å²) < 4.78 is 5.57. The number of pyridine rings is 1. The van der Waals surface area contributed by atoms with Crippen molar-refractivity contribution in [1.29, 1.82) is 0 Å². The smallest absolute Gasteiger partial charge is 0.213 e. The van der Waals surface area contributed by atoms with Crippen LogP contribution in [0.5, 0.6) is 5.88 Å². The molecule has 0 aromatic carbocycles. The maximum atomic E-state index is 5.57. The van der Waals surface area contributed by atoms with E-state index in [0.717, 1.165) is 25.1 Å². The van der Waals surface area contributed by atoms with Gasteiger partial charge in [-0.2, -0.15) is 5.10 Å². The highest BCUT2D eigenvalue weighted by atomic mass is 16.5. The van der Waals surface area contributed by atoms with E-state index in [1.807, 2.05) is 12.1 Å². The van der Waals surface area contributed by atoms with E-state index in [1.54, 1.807) is 6.20 Å². The molecule has 0 bridgehead atoms. The van der Waals surface area contributed by atoms with E-state index in [4.69, 9.17) is 4.74 Å². The van der Waals surface area contributed by atoms with Crippen LogP contribution in [0.2, 0.25) is 0 Å². The zero-order valence-electron chi connectivity index (χ0n) is 9.89. The first kappa shape index (κ1) is 11.6. The van der Waals surface area contributed by atoms with E-state index < -0.39 is 0 Å². The van der Waals surface area contributed by atoms with E-state index in [0.29, 0.717) is 12.5 Å². The summed E-state index contributed by atoms with van der Waals surface area (Å²) >= 11 is 0. The van der Waals surface area contributed by atoms with E-state index in [9.17, 15) is 0 Å². The van der Waals surface area contributed by atoms with Crippen LogP contribution in [0.1, 0.15) is 24.7 Å². The van der Waals surface area contributed by atoms with Gasteiger partial charge >= 0.3 is 0 Å². The molecule has 0 atom stereocenters. The van der Waals surface area contributed by atoms with Gasteiger partial charge in [0, 0.05) is 18.7 Å². The van der Waals surface area contributed by atoms with Crippen LogP contribution in [0.4, 0.5) is 0 Å². The standard InChI is InChI=1S/C12H16N4O/c1-2-10-5-6-13-12(8-10)17-7-3-4-11-14-9-15-16-11/h5-6,8-9H,2-4,7H2,1H3,(H,14,15,16). The lowest BCUT2D eigenvalue weighted by Crippen LogP contribution is -2.02. The summed E-state index contributed by atoms with van der Waals surface area (Å²) in [7, 11) is 0. The summed E-state index contributed by atoms with van der Waals surface area (Å²) in [4.78, 5) is 8.21. The van der Waals surface area contributed by atoms with E-state index in [-0.39, 0.29) is 0 Å². The normalized spacial score (nSPS) is 10.4. The first-order valence-corrected chi connectivity index (χ1v) is 5.80. The molecule has 0 aliphatic rings. The molecule has 0 amide bonds. The Kier molecular flexibility index (Phi) is 4.07. The highest BCUT2D eigenvalue weighted by molar-refractivity contribution is 5.20. The van der Waals surface area contributed by atoms with Gasteiger partial charge in [0.2, 0.25) is 5.88 Å². The number of hydrogen-bond donors (Lipinski definition) is 1. The van der Waals surface area contributed by atoms with Gasteiger partial charge in [-0.3, -0.25) is 5.10 Å². The number of aromatic nitrogens is 4. The average Bonchev–Trinajstić information content (AvgIpc) is 2.88. The molecule has 17 heavy (non-hydrogen) atoms. The lowest BCUT2D eigenvalue weighted by molar-refractivity contribution is 0.298. The van der Waals surface area contributed by atoms with Crippen molar-refractivity contribution in [3.63, 3.8) is 0 Å². The monoisotopic (exact) mass is 232 g/mol. The molecule has 0 radical (unpaired) electrons. The summed E-state index contributed by atoms with van der Waals surface area (Å²) in [5.74, 6) is 1.59. The maximum Gasteiger partial charge on any atom is 0.213 e. The number of nitrogens with zero attached hydrogens (tertiary/aromatic N) is 3. The minimum Gasteiger partial charge on any atom is -0.478 e. The fourth-order valence-corrected chi connectivity index (χ4v) is 1.52. The van der Waals surface area contributed by atoms with Crippen molar-refractivity contribution >= 4 is 0 Å². The third-order valence-electron chi connectivity index (χ3n) is 2.48. The Bertz CT molecular complexity index is 442. The second kappa shape index (κ2) is 5.98. The minimum atomic E-state index is 0.640. The highest BCUT2D eigenvalue weighted by Crippen LogP contribution is 2.10. The number of rotatable bonds is 6. The van der Waals surface area contributed by atoms with Crippen LogP contribution < -0.4 is 4.74 Å². The van der Waals surface area contributed by atoms with Crippen molar-refractivity contribution in [1.82, 2.24) is 20.2 Å². The fourth-order valence-electron chi connectivity index (χ4n) is 1.52. The molecule has 0 saturated carbocycles. The molecule has 90 valence electrons. The summed E-state index contributed by atoms with van der Waals surface area (Å²) in [5, 5.41) is 6.61.